The van der Waals surface area contributed by atoms with Gasteiger partial charge in [0.15, 0.2) is 10.9 Å². The van der Waals surface area contributed by atoms with Crippen LogP contribution in [-0.2, 0) is 6.54 Å². The van der Waals surface area contributed by atoms with E-state index in [9.17, 15) is 13.2 Å². The van der Waals surface area contributed by atoms with Crippen molar-refractivity contribution in [2.75, 3.05) is 10.6 Å². The van der Waals surface area contributed by atoms with Crippen LogP contribution in [0, 0.1) is 0 Å². The summed E-state index contributed by atoms with van der Waals surface area (Å²) >= 11 is 5.39. The molecule has 2 N–H and O–H groups in total. The van der Waals surface area contributed by atoms with Crippen molar-refractivity contribution < 1.29 is 13.2 Å². The molecule has 8 heteroatoms. The SMILES string of the molecule is CC(C)c1cccc(C(C)C)c1NC(=S)Nc1ccn(CCC(F)(F)F)n1. The number of alkyl halides is 3. The second-order valence-electron chi connectivity index (χ2n) is 7.03. The lowest BCUT2D eigenvalue weighted by Gasteiger charge is -2.21. The summed E-state index contributed by atoms with van der Waals surface area (Å²) in [6.07, 6.45) is -3.63. The zero-order valence-corrected chi connectivity index (χ0v) is 16.7. The van der Waals surface area contributed by atoms with Gasteiger partial charge < -0.3 is 10.6 Å². The van der Waals surface area contributed by atoms with Crippen molar-refractivity contribution in [2.45, 2.75) is 58.7 Å². The van der Waals surface area contributed by atoms with Crippen LogP contribution in [0.4, 0.5) is 24.7 Å². The second kappa shape index (κ2) is 8.73. The Morgan fingerprint density at radius 3 is 2.19 bits per heavy atom. The summed E-state index contributed by atoms with van der Waals surface area (Å²) in [5.74, 6) is 1.04. The van der Waals surface area contributed by atoms with Gasteiger partial charge in [0, 0.05) is 24.5 Å². The van der Waals surface area contributed by atoms with Gasteiger partial charge in [-0.1, -0.05) is 45.9 Å². The number of nitrogens with zero attached hydrogens (tertiary/aromatic N) is 2. The molecule has 2 rings (SSSR count). The lowest BCUT2D eigenvalue weighted by atomic mass is 9.93. The average Bonchev–Trinajstić information content (AvgIpc) is 2.99. The molecule has 0 saturated heterocycles. The molecule has 0 aliphatic heterocycles. The van der Waals surface area contributed by atoms with Crippen molar-refractivity contribution in [3.8, 4) is 0 Å². The van der Waals surface area contributed by atoms with E-state index in [4.69, 9.17) is 12.2 Å². The molecule has 0 fully saturated rings. The molecule has 0 spiro atoms. The van der Waals surface area contributed by atoms with Crippen LogP contribution in [0.3, 0.4) is 0 Å². The minimum Gasteiger partial charge on any atom is -0.332 e. The number of nitrogens with one attached hydrogen (secondary N) is 2. The Bertz CT molecular complexity index is 755. The number of rotatable bonds is 6. The number of halogens is 3. The number of para-hydroxylation sites is 1. The van der Waals surface area contributed by atoms with E-state index >= 15 is 0 Å². The number of thiocarbonyl (C=S) groups is 1. The van der Waals surface area contributed by atoms with E-state index in [1.54, 1.807) is 6.07 Å². The summed E-state index contributed by atoms with van der Waals surface area (Å²) in [6.45, 7) is 8.23. The normalized spacial score (nSPS) is 11.9. The zero-order chi connectivity index (χ0) is 20.2. The molecule has 0 atom stereocenters. The summed E-state index contributed by atoms with van der Waals surface area (Å²) in [5.41, 5.74) is 3.28. The maximum atomic E-state index is 12.3. The molecule has 0 amide bonds. The highest BCUT2D eigenvalue weighted by Gasteiger charge is 2.26. The molecule has 1 heterocycles. The van der Waals surface area contributed by atoms with Gasteiger partial charge in [0.1, 0.15) is 0 Å². The van der Waals surface area contributed by atoms with Crippen LogP contribution in [0.25, 0.3) is 0 Å². The van der Waals surface area contributed by atoms with E-state index in [0.717, 1.165) is 16.8 Å². The van der Waals surface area contributed by atoms with Crippen molar-refractivity contribution >= 4 is 28.8 Å². The third kappa shape index (κ3) is 6.23. The minimum atomic E-state index is -4.20. The van der Waals surface area contributed by atoms with Gasteiger partial charge in [0.25, 0.3) is 0 Å². The van der Waals surface area contributed by atoms with Gasteiger partial charge in [-0.2, -0.15) is 18.3 Å². The Morgan fingerprint density at radius 2 is 1.67 bits per heavy atom. The van der Waals surface area contributed by atoms with Gasteiger partial charge in [-0.15, -0.1) is 0 Å². The fraction of sp³-hybridized carbons (Fsp3) is 0.474. The Kier molecular flexibility index (Phi) is 6.86. The van der Waals surface area contributed by atoms with Crippen LogP contribution < -0.4 is 10.6 Å². The number of hydrogen-bond donors (Lipinski definition) is 2. The fourth-order valence-electron chi connectivity index (χ4n) is 2.75. The fourth-order valence-corrected chi connectivity index (χ4v) is 2.96. The van der Waals surface area contributed by atoms with Crippen LogP contribution >= 0.6 is 12.2 Å². The molecular formula is C19H25F3N4S. The van der Waals surface area contributed by atoms with Crippen molar-refractivity contribution in [3.05, 3.63) is 41.6 Å². The van der Waals surface area contributed by atoms with Gasteiger partial charge in [-0.05, 0) is 35.2 Å². The van der Waals surface area contributed by atoms with Crippen molar-refractivity contribution in [2.24, 2.45) is 0 Å². The van der Waals surface area contributed by atoms with E-state index < -0.39 is 12.6 Å². The molecule has 0 radical (unpaired) electrons. The molecule has 1 aromatic carbocycles. The van der Waals surface area contributed by atoms with Crippen LogP contribution in [0.15, 0.2) is 30.5 Å². The van der Waals surface area contributed by atoms with E-state index in [-0.39, 0.29) is 6.54 Å². The summed E-state index contributed by atoms with van der Waals surface area (Å²) < 4.78 is 38.2. The van der Waals surface area contributed by atoms with E-state index in [2.05, 4.69) is 55.6 Å². The molecule has 0 aliphatic rings. The van der Waals surface area contributed by atoms with Gasteiger partial charge in [-0.3, -0.25) is 4.68 Å². The Morgan fingerprint density at radius 1 is 1.07 bits per heavy atom. The van der Waals surface area contributed by atoms with Crippen molar-refractivity contribution in [3.63, 3.8) is 0 Å². The Labute approximate surface area is 163 Å². The van der Waals surface area contributed by atoms with Gasteiger partial charge in [-0.25, -0.2) is 0 Å². The number of aromatic nitrogens is 2. The standard InChI is InChI=1S/C19H25F3N4S/c1-12(2)14-6-5-7-15(13(3)4)17(14)24-18(27)23-16-8-10-26(25-16)11-9-19(20,21)22/h5-8,10,12-13H,9,11H2,1-4H3,(H2,23,24,25,27). The average molecular weight is 398 g/mol. The summed E-state index contributed by atoms with van der Waals surface area (Å²) in [7, 11) is 0. The number of hydrogen-bond acceptors (Lipinski definition) is 2. The topological polar surface area (TPSA) is 41.9 Å². The van der Waals surface area contributed by atoms with Crippen LogP contribution in [0.1, 0.15) is 57.1 Å². The van der Waals surface area contributed by atoms with Crippen molar-refractivity contribution in [1.29, 1.82) is 0 Å². The maximum absolute atomic E-state index is 12.3. The highest BCUT2D eigenvalue weighted by atomic mass is 32.1. The summed E-state index contributed by atoms with van der Waals surface area (Å²) in [4.78, 5) is 0. The van der Waals surface area contributed by atoms with Gasteiger partial charge >= 0.3 is 6.18 Å². The molecule has 2 aromatic rings. The largest absolute Gasteiger partial charge is 0.390 e. The second-order valence-corrected chi connectivity index (χ2v) is 7.44. The highest BCUT2D eigenvalue weighted by molar-refractivity contribution is 7.80. The van der Waals surface area contributed by atoms with E-state index in [1.807, 2.05) is 6.07 Å². The predicted octanol–water partition coefficient (Wildman–Crippen LogP) is 5.89. The molecule has 4 nitrogen and oxygen atoms in total. The lowest BCUT2D eigenvalue weighted by Crippen LogP contribution is -2.22. The number of aryl methyl sites for hydroxylation is 1. The first-order chi connectivity index (χ1) is 12.6. The first kappa shape index (κ1) is 21.2. The van der Waals surface area contributed by atoms with Crippen LogP contribution in [0.5, 0.6) is 0 Å². The maximum Gasteiger partial charge on any atom is 0.390 e. The molecule has 148 valence electrons. The third-order valence-electron chi connectivity index (χ3n) is 4.12. The van der Waals surface area contributed by atoms with Gasteiger partial charge in [0.05, 0.1) is 6.42 Å². The summed E-state index contributed by atoms with van der Waals surface area (Å²) in [5, 5.41) is 10.6. The number of benzene rings is 1. The minimum absolute atomic E-state index is 0.223. The first-order valence-electron chi connectivity index (χ1n) is 8.88. The van der Waals surface area contributed by atoms with Gasteiger partial charge in [0.2, 0.25) is 0 Å². The molecule has 0 unspecified atom stereocenters. The molecule has 27 heavy (non-hydrogen) atoms. The lowest BCUT2D eigenvalue weighted by molar-refractivity contribution is -0.137. The van der Waals surface area contributed by atoms with Crippen LogP contribution in [0.2, 0.25) is 0 Å². The van der Waals surface area contributed by atoms with Crippen molar-refractivity contribution in [1.82, 2.24) is 9.78 Å². The smallest absolute Gasteiger partial charge is 0.332 e. The molecule has 0 bridgehead atoms. The Balaban J connectivity index is 2.09. The molecule has 0 aliphatic carbocycles. The van der Waals surface area contributed by atoms with E-state index in [1.165, 1.54) is 10.9 Å². The molecule has 1 aromatic heterocycles. The predicted molar refractivity (Wildman–Crippen MR) is 107 cm³/mol. The quantitative estimate of drug-likeness (QED) is 0.595. The zero-order valence-electron chi connectivity index (χ0n) is 15.9. The molecule has 0 saturated carbocycles. The first-order valence-corrected chi connectivity index (χ1v) is 9.28. The monoisotopic (exact) mass is 398 g/mol. The highest BCUT2D eigenvalue weighted by Crippen LogP contribution is 2.32. The molecular weight excluding hydrogens is 373 g/mol. The summed E-state index contributed by atoms with van der Waals surface area (Å²) in [6, 6.07) is 7.76. The van der Waals surface area contributed by atoms with E-state index in [0.29, 0.717) is 22.8 Å². The van der Waals surface area contributed by atoms with Crippen LogP contribution in [-0.4, -0.2) is 21.1 Å². The Hall–Kier alpha value is -2.09. The number of anilines is 2. The third-order valence-corrected chi connectivity index (χ3v) is 4.32.